The van der Waals surface area contributed by atoms with Gasteiger partial charge in [0.25, 0.3) is 0 Å². The molecule has 1 N–H and O–H groups in total. The molecular weight excluding hydrogens is 260 g/mol. The second kappa shape index (κ2) is 6.68. The van der Waals surface area contributed by atoms with Crippen molar-refractivity contribution in [2.24, 2.45) is 0 Å². The van der Waals surface area contributed by atoms with Crippen LogP contribution in [-0.2, 0) is 13.0 Å². The van der Waals surface area contributed by atoms with Crippen LogP contribution < -0.4 is 5.32 Å². The van der Waals surface area contributed by atoms with Crippen LogP contribution in [0.1, 0.15) is 31.8 Å². The van der Waals surface area contributed by atoms with E-state index in [1.165, 1.54) is 0 Å². The molecule has 0 aliphatic rings. The van der Waals surface area contributed by atoms with E-state index >= 15 is 0 Å². The molecule has 4 nitrogen and oxygen atoms in total. The summed E-state index contributed by atoms with van der Waals surface area (Å²) in [5, 5.41) is 3.94. The minimum absolute atomic E-state index is 0.682. The molecule has 0 aromatic carbocycles. The molecule has 0 atom stereocenters. The smallest absolute Gasteiger partial charge is 0.138 e. The highest BCUT2D eigenvalue weighted by Gasteiger charge is 2.08. The third-order valence-corrected chi connectivity index (χ3v) is 3.23. The van der Waals surface area contributed by atoms with Crippen molar-refractivity contribution in [3.63, 3.8) is 0 Å². The topological polar surface area (TPSA) is 42.7 Å². The Labute approximate surface area is 118 Å². The predicted octanol–water partition coefficient (Wildman–Crippen LogP) is 2.98. The quantitative estimate of drug-likeness (QED) is 0.883. The molecule has 0 fully saturated rings. The van der Waals surface area contributed by atoms with Gasteiger partial charge >= 0.3 is 0 Å². The minimum Gasteiger partial charge on any atom is -0.311 e. The van der Waals surface area contributed by atoms with Crippen LogP contribution in [0.5, 0.6) is 0 Å². The van der Waals surface area contributed by atoms with Crippen LogP contribution in [0.4, 0.5) is 0 Å². The van der Waals surface area contributed by atoms with E-state index in [0.29, 0.717) is 11.6 Å². The Morgan fingerprint density at radius 2 is 2.16 bits per heavy atom. The summed E-state index contributed by atoms with van der Waals surface area (Å²) in [5.41, 5.74) is 0.872. The predicted molar refractivity (Wildman–Crippen MR) is 77.7 cm³/mol. The highest BCUT2D eigenvalue weighted by molar-refractivity contribution is 6.31. The summed E-state index contributed by atoms with van der Waals surface area (Å²) in [7, 11) is 0. The molecule has 0 unspecified atom stereocenters. The van der Waals surface area contributed by atoms with E-state index in [0.717, 1.165) is 36.7 Å². The Morgan fingerprint density at radius 3 is 2.89 bits per heavy atom. The van der Waals surface area contributed by atoms with Gasteiger partial charge in [0.2, 0.25) is 0 Å². The maximum absolute atomic E-state index is 6.17. The summed E-state index contributed by atoms with van der Waals surface area (Å²) in [6.07, 6.45) is 5.76. The zero-order chi connectivity index (χ0) is 13.7. The van der Waals surface area contributed by atoms with E-state index in [1.807, 2.05) is 29.1 Å². The van der Waals surface area contributed by atoms with E-state index in [-0.39, 0.29) is 0 Å². The molecule has 0 radical (unpaired) electrons. The average molecular weight is 279 g/mol. The summed E-state index contributed by atoms with van der Waals surface area (Å²) in [6, 6.07) is 3.82. The average Bonchev–Trinajstić information content (AvgIpc) is 2.87. The first-order valence-electron chi connectivity index (χ1n) is 6.65. The lowest BCUT2D eigenvalue weighted by molar-refractivity contribution is 0.705. The molecule has 0 saturated heterocycles. The van der Waals surface area contributed by atoms with Crippen molar-refractivity contribution in [3.8, 4) is 5.82 Å². The fraction of sp³-hybridized carbons (Fsp3) is 0.429. The van der Waals surface area contributed by atoms with Gasteiger partial charge in [-0.2, -0.15) is 0 Å². The maximum atomic E-state index is 6.17. The molecular formula is C14H19ClN4. The molecule has 0 saturated carbocycles. The summed E-state index contributed by atoms with van der Waals surface area (Å²) in [6.45, 7) is 5.78. The van der Waals surface area contributed by atoms with Crippen LogP contribution >= 0.6 is 11.6 Å². The SMILES string of the molecule is CCCc1nccn1-c1ccc(Cl)c(CNCC)n1. The van der Waals surface area contributed by atoms with Crippen molar-refractivity contribution in [1.29, 1.82) is 0 Å². The van der Waals surface area contributed by atoms with Gasteiger partial charge in [0.15, 0.2) is 0 Å². The van der Waals surface area contributed by atoms with Gasteiger partial charge < -0.3 is 5.32 Å². The highest BCUT2D eigenvalue weighted by atomic mass is 35.5. The first-order chi connectivity index (χ1) is 9.26. The molecule has 0 aliphatic carbocycles. The standard InChI is InChI=1S/C14H19ClN4/c1-3-5-13-17-8-9-19(13)14-7-6-11(15)12(18-14)10-16-4-2/h6-9,16H,3-5,10H2,1-2H3. The van der Waals surface area contributed by atoms with Gasteiger partial charge in [-0.25, -0.2) is 9.97 Å². The van der Waals surface area contributed by atoms with Gasteiger partial charge in [-0.3, -0.25) is 4.57 Å². The molecule has 0 aliphatic heterocycles. The van der Waals surface area contributed by atoms with Crippen molar-refractivity contribution in [1.82, 2.24) is 19.9 Å². The van der Waals surface area contributed by atoms with E-state index in [9.17, 15) is 0 Å². The van der Waals surface area contributed by atoms with Gasteiger partial charge in [-0.15, -0.1) is 0 Å². The van der Waals surface area contributed by atoms with Gasteiger partial charge in [0, 0.05) is 25.4 Å². The van der Waals surface area contributed by atoms with E-state index in [2.05, 4.69) is 29.1 Å². The molecule has 2 aromatic rings. The number of hydrogen-bond donors (Lipinski definition) is 1. The van der Waals surface area contributed by atoms with Crippen molar-refractivity contribution in [2.45, 2.75) is 33.2 Å². The van der Waals surface area contributed by atoms with Crippen LogP contribution in [0.15, 0.2) is 24.5 Å². The molecule has 2 heterocycles. The Morgan fingerprint density at radius 1 is 1.32 bits per heavy atom. The maximum Gasteiger partial charge on any atom is 0.138 e. The number of pyridine rings is 1. The third kappa shape index (κ3) is 3.33. The first-order valence-corrected chi connectivity index (χ1v) is 7.02. The number of nitrogens with one attached hydrogen (secondary N) is 1. The van der Waals surface area contributed by atoms with E-state index in [1.54, 1.807) is 0 Å². The van der Waals surface area contributed by atoms with Crippen LogP contribution in [-0.4, -0.2) is 21.1 Å². The zero-order valence-corrected chi connectivity index (χ0v) is 12.1. The largest absolute Gasteiger partial charge is 0.311 e. The minimum atomic E-state index is 0.682. The highest BCUT2D eigenvalue weighted by Crippen LogP contribution is 2.17. The van der Waals surface area contributed by atoms with Crippen molar-refractivity contribution in [3.05, 3.63) is 41.1 Å². The lowest BCUT2D eigenvalue weighted by atomic mass is 10.3. The van der Waals surface area contributed by atoms with Gasteiger partial charge in [0.05, 0.1) is 10.7 Å². The molecule has 0 amide bonds. The summed E-state index contributed by atoms with van der Waals surface area (Å²) in [5.74, 6) is 1.91. The van der Waals surface area contributed by atoms with Gasteiger partial charge in [-0.05, 0) is 25.1 Å². The number of rotatable bonds is 6. The Bertz CT molecular complexity index is 536. The number of aryl methyl sites for hydroxylation is 1. The molecule has 5 heteroatoms. The Kier molecular flexibility index (Phi) is 4.93. The second-order valence-corrected chi connectivity index (χ2v) is 4.75. The van der Waals surface area contributed by atoms with Gasteiger partial charge in [0.1, 0.15) is 11.6 Å². The second-order valence-electron chi connectivity index (χ2n) is 4.34. The summed E-state index contributed by atoms with van der Waals surface area (Å²) < 4.78 is 2.02. The third-order valence-electron chi connectivity index (χ3n) is 2.88. The van der Waals surface area contributed by atoms with Crippen molar-refractivity contribution in [2.75, 3.05) is 6.54 Å². The fourth-order valence-corrected chi connectivity index (χ4v) is 2.10. The molecule has 19 heavy (non-hydrogen) atoms. The first kappa shape index (κ1) is 14.0. The normalized spacial score (nSPS) is 10.9. The molecule has 2 rings (SSSR count). The molecule has 0 bridgehead atoms. The number of imidazole rings is 1. The fourth-order valence-electron chi connectivity index (χ4n) is 1.93. The van der Waals surface area contributed by atoms with E-state index < -0.39 is 0 Å². The number of hydrogen-bond acceptors (Lipinski definition) is 3. The van der Waals surface area contributed by atoms with Crippen LogP contribution in [0, 0.1) is 0 Å². The van der Waals surface area contributed by atoms with Crippen molar-refractivity contribution >= 4 is 11.6 Å². The molecule has 0 spiro atoms. The zero-order valence-electron chi connectivity index (χ0n) is 11.4. The van der Waals surface area contributed by atoms with Crippen LogP contribution in [0.25, 0.3) is 5.82 Å². The van der Waals surface area contributed by atoms with Crippen molar-refractivity contribution < 1.29 is 0 Å². The number of nitrogens with zero attached hydrogens (tertiary/aromatic N) is 3. The number of halogens is 1. The van der Waals surface area contributed by atoms with Gasteiger partial charge in [-0.1, -0.05) is 25.4 Å². The van der Waals surface area contributed by atoms with E-state index in [4.69, 9.17) is 11.6 Å². The Balaban J connectivity index is 2.31. The summed E-state index contributed by atoms with van der Waals surface area (Å²) >= 11 is 6.17. The Hall–Kier alpha value is -1.39. The molecule has 2 aromatic heterocycles. The molecule has 102 valence electrons. The lowest BCUT2D eigenvalue weighted by Gasteiger charge is -2.10. The summed E-state index contributed by atoms with van der Waals surface area (Å²) in [4.78, 5) is 8.99. The lowest BCUT2D eigenvalue weighted by Crippen LogP contribution is -2.14. The van der Waals surface area contributed by atoms with Crippen LogP contribution in [0.2, 0.25) is 5.02 Å². The monoisotopic (exact) mass is 278 g/mol. The number of aromatic nitrogens is 3. The van der Waals surface area contributed by atoms with Crippen LogP contribution in [0.3, 0.4) is 0 Å².